The lowest BCUT2D eigenvalue weighted by atomic mass is 10.0. The quantitative estimate of drug-likeness (QED) is 0.809. The van der Waals surface area contributed by atoms with Crippen LogP contribution in [-0.2, 0) is 11.8 Å². The molecule has 1 atom stereocenters. The Labute approximate surface area is 141 Å². The molecule has 1 amide bonds. The minimum absolute atomic E-state index is 0.200. The number of carbonyl (C=O) groups is 1. The third kappa shape index (κ3) is 3.75. The van der Waals surface area contributed by atoms with Crippen LogP contribution in [0.5, 0.6) is 0 Å². The minimum Gasteiger partial charge on any atom is -0.342 e. The Morgan fingerprint density at radius 2 is 2.09 bits per heavy atom. The fourth-order valence-corrected chi connectivity index (χ4v) is 3.73. The molecular weight excluding hydrogens is 308 g/mol. The number of aromatic nitrogens is 3. The molecule has 6 heteroatoms. The van der Waals surface area contributed by atoms with Crippen LogP contribution in [0.4, 0.5) is 0 Å². The predicted molar refractivity (Wildman–Crippen MR) is 92.1 cm³/mol. The van der Waals surface area contributed by atoms with E-state index in [0.717, 1.165) is 36.1 Å². The maximum absolute atomic E-state index is 12.4. The number of rotatable bonds is 4. The van der Waals surface area contributed by atoms with Crippen molar-refractivity contribution in [2.45, 2.75) is 24.9 Å². The van der Waals surface area contributed by atoms with E-state index in [0.29, 0.717) is 11.7 Å². The van der Waals surface area contributed by atoms with E-state index in [1.807, 2.05) is 46.8 Å². The monoisotopic (exact) mass is 330 g/mol. The second-order valence-electron chi connectivity index (χ2n) is 6.11. The molecule has 1 aliphatic rings. The number of amides is 1. The van der Waals surface area contributed by atoms with Crippen molar-refractivity contribution in [3.63, 3.8) is 0 Å². The van der Waals surface area contributed by atoms with E-state index in [-0.39, 0.29) is 5.91 Å². The first kappa shape index (κ1) is 16.1. The average Bonchev–Trinajstić information content (AvgIpc) is 2.94. The normalized spacial score (nSPS) is 18.2. The molecule has 1 aromatic heterocycles. The summed E-state index contributed by atoms with van der Waals surface area (Å²) in [5.74, 6) is 2.06. The lowest BCUT2D eigenvalue weighted by Crippen LogP contribution is -2.40. The van der Waals surface area contributed by atoms with Crippen LogP contribution in [-0.4, -0.2) is 44.4 Å². The topological polar surface area (TPSA) is 51.0 Å². The highest BCUT2D eigenvalue weighted by molar-refractivity contribution is 7.99. The third-order valence-corrected chi connectivity index (χ3v) is 5.21. The molecule has 0 bridgehead atoms. The predicted octanol–water partition coefficient (Wildman–Crippen LogP) is 2.83. The molecule has 1 aromatic carbocycles. The van der Waals surface area contributed by atoms with Crippen molar-refractivity contribution in [3.8, 4) is 11.4 Å². The third-order valence-electron chi connectivity index (χ3n) is 4.20. The summed E-state index contributed by atoms with van der Waals surface area (Å²) in [4.78, 5) is 14.3. The van der Waals surface area contributed by atoms with E-state index in [1.165, 1.54) is 18.2 Å². The van der Waals surface area contributed by atoms with Crippen molar-refractivity contribution in [1.82, 2.24) is 19.7 Å². The lowest BCUT2D eigenvalue weighted by molar-refractivity contribution is -0.130. The largest absolute Gasteiger partial charge is 0.342 e. The summed E-state index contributed by atoms with van der Waals surface area (Å²) in [7, 11) is 1.94. The number of piperidine rings is 1. The van der Waals surface area contributed by atoms with E-state index in [4.69, 9.17) is 0 Å². The van der Waals surface area contributed by atoms with Gasteiger partial charge in [0.2, 0.25) is 5.91 Å². The number of hydrogen-bond acceptors (Lipinski definition) is 4. The molecule has 5 nitrogen and oxygen atoms in total. The Hall–Kier alpha value is -1.82. The summed E-state index contributed by atoms with van der Waals surface area (Å²) in [5.41, 5.74) is 1.03. The molecule has 122 valence electrons. The SMILES string of the molecule is C[C@H]1CCCN(C(=O)CSc2nnc(-c3ccccc3)n2C)C1. The molecule has 1 aliphatic heterocycles. The summed E-state index contributed by atoms with van der Waals surface area (Å²) >= 11 is 1.46. The van der Waals surface area contributed by atoms with Gasteiger partial charge in [0.15, 0.2) is 11.0 Å². The highest BCUT2D eigenvalue weighted by Gasteiger charge is 2.21. The van der Waals surface area contributed by atoms with Crippen LogP contribution >= 0.6 is 11.8 Å². The summed E-state index contributed by atoms with van der Waals surface area (Å²) in [5, 5.41) is 9.26. The Bertz CT molecular complexity index is 670. The average molecular weight is 330 g/mol. The maximum Gasteiger partial charge on any atom is 0.233 e. The van der Waals surface area contributed by atoms with E-state index in [9.17, 15) is 4.79 Å². The molecule has 0 spiro atoms. The number of thioether (sulfide) groups is 1. The highest BCUT2D eigenvalue weighted by atomic mass is 32.2. The van der Waals surface area contributed by atoms with Gasteiger partial charge in [0, 0.05) is 25.7 Å². The second kappa shape index (κ2) is 7.17. The van der Waals surface area contributed by atoms with Gasteiger partial charge >= 0.3 is 0 Å². The van der Waals surface area contributed by atoms with Crippen LogP contribution in [0.3, 0.4) is 0 Å². The molecule has 0 aliphatic carbocycles. The van der Waals surface area contributed by atoms with Gasteiger partial charge in [0.1, 0.15) is 0 Å². The van der Waals surface area contributed by atoms with Gasteiger partial charge in [-0.05, 0) is 18.8 Å². The summed E-state index contributed by atoms with van der Waals surface area (Å²) in [6.45, 7) is 3.98. The van der Waals surface area contributed by atoms with Crippen molar-refractivity contribution in [3.05, 3.63) is 30.3 Å². The zero-order valence-electron chi connectivity index (χ0n) is 13.6. The number of carbonyl (C=O) groups excluding carboxylic acids is 1. The number of hydrogen-bond donors (Lipinski definition) is 0. The van der Waals surface area contributed by atoms with Gasteiger partial charge < -0.3 is 9.47 Å². The Kier molecular flexibility index (Phi) is 5.00. The molecule has 0 saturated carbocycles. The van der Waals surface area contributed by atoms with Crippen LogP contribution in [0.2, 0.25) is 0 Å². The smallest absolute Gasteiger partial charge is 0.233 e. The molecule has 1 saturated heterocycles. The molecule has 0 unspecified atom stereocenters. The number of nitrogens with zero attached hydrogens (tertiary/aromatic N) is 4. The van der Waals surface area contributed by atoms with Crippen LogP contribution in [0.15, 0.2) is 35.5 Å². The molecule has 23 heavy (non-hydrogen) atoms. The first-order valence-corrected chi connectivity index (χ1v) is 8.99. The highest BCUT2D eigenvalue weighted by Crippen LogP contribution is 2.23. The van der Waals surface area contributed by atoms with Crippen LogP contribution in [0, 0.1) is 5.92 Å². The molecule has 3 rings (SSSR count). The van der Waals surface area contributed by atoms with Gasteiger partial charge in [-0.15, -0.1) is 10.2 Å². The van der Waals surface area contributed by atoms with Crippen molar-refractivity contribution in [1.29, 1.82) is 0 Å². The van der Waals surface area contributed by atoms with Crippen LogP contribution < -0.4 is 0 Å². The summed E-state index contributed by atoms with van der Waals surface area (Å²) in [6, 6.07) is 9.97. The summed E-state index contributed by atoms with van der Waals surface area (Å²) in [6.07, 6.45) is 2.33. The number of likely N-dealkylation sites (tertiary alicyclic amines) is 1. The first-order chi connectivity index (χ1) is 11.1. The van der Waals surface area contributed by atoms with Crippen molar-refractivity contribution in [2.24, 2.45) is 13.0 Å². The number of benzene rings is 1. The van der Waals surface area contributed by atoms with Gasteiger partial charge in [-0.25, -0.2) is 0 Å². The van der Waals surface area contributed by atoms with Crippen LogP contribution in [0.25, 0.3) is 11.4 Å². The second-order valence-corrected chi connectivity index (χ2v) is 7.05. The van der Waals surface area contributed by atoms with Gasteiger partial charge in [-0.1, -0.05) is 49.0 Å². The molecular formula is C17H22N4OS. The van der Waals surface area contributed by atoms with Crippen molar-refractivity contribution < 1.29 is 4.79 Å². The Morgan fingerprint density at radius 3 is 2.83 bits per heavy atom. The van der Waals surface area contributed by atoms with E-state index < -0.39 is 0 Å². The maximum atomic E-state index is 12.4. The zero-order valence-corrected chi connectivity index (χ0v) is 14.4. The summed E-state index contributed by atoms with van der Waals surface area (Å²) < 4.78 is 1.95. The Morgan fingerprint density at radius 1 is 1.30 bits per heavy atom. The van der Waals surface area contributed by atoms with E-state index >= 15 is 0 Å². The van der Waals surface area contributed by atoms with Gasteiger partial charge in [0.25, 0.3) is 0 Å². The Balaban J connectivity index is 1.63. The van der Waals surface area contributed by atoms with Gasteiger partial charge in [-0.3, -0.25) is 4.79 Å². The van der Waals surface area contributed by atoms with Gasteiger partial charge in [-0.2, -0.15) is 0 Å². The zero-order chi connectivity index (χ0) is 16.2. The fraction of sp³-hybridized carbons (Fsp3) is 0.471. The van der Waals surface area contributed by atoms with Crippen LogP contribution in [0.1, 0.15) is 19.8 Å². The van der Waals surface area contributed by atoms with E-state index in [1.54, 1.807) is 0 Å². The van der Waals surface area contributed by atoms with E-state index in [2.05, 4.69) is 17.1 Å². The lowest BCUT2D eigenvalue weighted by Gasteiger charge is -2.30. The minimum atomic E-state index is 0.200. The van der Waals surface area contributed by atoms with Crippen molar-refractivity contribution >= 4 is 17.7 Å². The fourth-order valence-electron chi connectivity index (χ4n) is 2.91. The molecule has 1 fully saturated rings. The molecule has 2 heterocycles. The first-order valence-electron chi connectivity index (χ1n) is 8.00. The molecule has 0 radical (unpaired) electrons. The molecule has 2 aromatic rings. The standard InChI is InChI=1S/C17H22N4OS/c1-13-7-6-10-21(11-13)15(22)12-23-17-19-18-16(20(17)2)14-8-4-3-5-9-14/h3-5,8-9,13H,6-7,10-12H2,1-2H3/t13-/m0/s1. The van der Waals surface area contributed by atoms with Crippen molar-refractivity contribution in [2.75, 3.05) is 18.8 Å². The van der Waals surface area contributed by atoms with Gasteiger partial charge in [0.05, 0.1) is 5.75 Å². The molecule has 0 N–H and O–H groups in total.